The Morgan fingerprint density at radius 1 is 1.16 bits per heavy atom. The average molecular weight is 255 g/mol. The molecule has 6 heteroatoms. The molecular weight excluding hydrogens is 242 g/mol. The second-order valence-electron chi connectivity index (χ2n) is 4.44. The summed E-state index contributed by atoms with van der Waals surface area (Å²) in [7, 11) is 0. The summed E-state index contributed by atoms with van der Waals surface area (Å²) in [5, 5.41) is 6.74. The molecule has 0 bridgehead atoms. The van der Waals surface area contributed by atoms with E-state index < -0.39 is 0 Å². The minimum absolute atomic E-state index is 0.227. The quantitative estimate of drug-likeness (QED) is 0.729. The molecule has 0 aliphatic heterocycles. The molecule has 3 rings (SSSR count). The largest absolute Gasteiger partial charge is 0.300 e. The molecule has 19 heavy (non-hydrogen) atoms. The highest BCUT2D eigenvalue weighted by Gasteiger charge is 2.09. The molecule has 0 unspecified atom stereocenters. The molecule has 0 saturated carbocycles. The van der Waals surface area contributed by atoms with Crippen LogP contribution in [0.25, 0.3) is 11.0 Å². The van der Waals surface area contributed by atoms with Crippen LogP contribution in [0.2, 0.25) is 0 Å². The van der Waals surface area contributed by atoms with E-state index >= 15 is 0 Å². The SMILES string of the molecule is Cc1ccc(Nn2cnc3c(C)[nH]nc3c2=O)cc1. The number of nitrogens with one attached hydrogen (secondary N) is 2. The topological polar surface area (TPSA) is 75.6 Å². The monoisotopic (exact) mass is 255 g/mol. The van der Waals surface area contributed by atoms with Crippen molar-refractivity contribution in [3.05, 3.63) is 52.2 Å². The van der Waals surface area contributed by atoms with Crippen LogP contribution >= 0.6 is 0 Å². The molecule has 0 fully saturated rings. The molecule has 0 aliphatic rings. The molecule has 2 aromatic heterocycles. The van der Waals surface area contributed by atoms with Crippen LogP contribution in [-0.4, -0.2) is 19.9 Å². The van der Waals surface area contributed by atoms with Crippen molar-refractivity contribution >= 4 is 16.7 Å². The number of benzene rings is 1. The first-order chi connectivity index (χ1) is 9.15. The fraction of sp³-hybridized carbons (Fsp3) is 0.154. The van der Waals surface area contributed by atoms with E-state index in [1.807, 2.05) is 38.1 Å². The number of hydrogen-bond donors (Lipinski definition) is 2. The van der Waals surface area contributed by atoms with Crippen LogP contribution in [0.5, 0.6) is 0 Å². The van der Waals surface area contributed by atoms with E-state index in [0.717, 1.165) is 16.9 Å². The first kappa shape index (κ1) is 11.5. The van der Waals surface area contributed by atoms with Gasteiger partial charge in [-0.2, -0.15) is 5.10 Å². The van der Waals surface area contributed by atoms with Gasteiger partial charge < -0.3 is 0 Å². The van der Waals surface area contributed by atoms with Gasteiger partial charge in [0, 0.05) is 0 Å². The van der Waals surface area contributed by atoms with Crippen LogP contribution in [0.1, 0.15) is 11.3 Å². The average Bonchev–Trinajstić information content (AvgIpc) is 2.78. The first-order valence-corrected chi connectivity index (χ1v) is 5.91. The number of H-pyrrole nitrogens is 1. The maximum atomic E-state index is 12.2. The molecule has 96 valence electrons. The molecule has 0 aliphatic carbocycles. The third-order valence-electron chi connectivity index (χ3n) is 2.94. The van der Waals surface area contributed by atoms with Crippen LogP contribution in [0.15, 0.2) is 35.4 Å². The second-order valence-corrected chi connectivity index (χ2v) is 4.44. The zero-order valence-corrected chi connectivity index (χ0v) is 10.6. The van der Waals surface area contributed by atoms with Crippen molar-refractivity contribution in [2.75, 3.05) is 5.43 Å². The van der Waals surface area contributed by atoms with Crippen molar-refractivity contribution in [1.82, 2.24) is 19.9 Å². The summed E-state index contributed by atoms with van der Waals surface area (Å²) in [4.78, 5) is 16.4. The van der Waals surface area contributed by atoms with E-state index in [0.29, 0.717) is 11.0 Å². The summed E-state index contributed by atoms with van der Waals surface area (Å²) in [6.45, 7) is 3.84. The maximum Gasteiger partial charge on any atom is 0.300 e. The van der Waals surface area contributed by atoms with E-state index in [-0.39, 0.29) is 5.56 Å². The number of anilines is 1. The lowest BCUT2D eigenvalue weighted by molar-refractivity contribution is 0.875. The number of aryl methyl sites for hydroxylation is 2. The highest BCUT2D eigenvalue weighted by Crippen LogP contribution is 2.10. The standard InChI is InChI=1S/C13H13N5O/c1-8-3-5-10(6-4-8)17-18-7-14-11-9(2)15-16-12(11)13(18)19/h3-7,17H,1-2H3,(H,15,16). The van der Waals surface area contributed by atoms with Gasteiger partial charge >= 0.3 is 5.56 Å². The summed E-state index contributed by atoms with van der Waals surface area (Å²) in [6.07, 6.45) is 1.47. The molecule has 1 aromatic carbocycles. The van der Waals surface area contributed by atoms with Crippen molar-refractivity contribution < 1.29 is 0 Å². The lowest BCUT2D eigenvalue weighted by Crippen LogP contribution is -2.26. The number of fused-ring (bicyclic) bond motifs is 1. The van der Waals surface area contributed by atoms with Crippen molar-refractivity contribution in [1.29, 1.82) is 0 Å². The summed E-state index contributed by atoms with van der Waals surface area (Å²) in [5.41, 5.74) is 6.47. The Balaban J connectivity index is 2.04. The molecule has 6 nitrogen and oxygen atoms in total. The van der Waals surface area contributed by atoms with Crippen molar-refractivity contribution in [2.45, 2.75) is 13.8 Å². The minimum Gasteiger partial charge on any atom is -0.290 e. The zero-order chi connectivity index (χ0) is 13.4. The highest BCUT2D eigenvalue weighted by molar-refractivity contribution is 5.75. The number of aromatic amines is 1. The Labute approximate surface area is 109 Å². The Hall–Kier alpha value is -2.63. The lowest BCUT2D eigenvalue weighted by Gasteiger charge is -2.08. The summed E-state index contributed by atoms with van der Waals surface area (Å²) >= 11 is 0. The predicted octanol–water partition coefficient (Wildman–Crippen LogP) is 1.61. The normalized spacial score (nSPS) is 10.8. The van der Waals surface area contributed by atoms with E-state index in [1.165, 1.54) is 11.0 Å². The van der Waals surface area contributed by atoms with Gasteiger partial charge in [-0.3, -0.25) is 15.3 Å². The van der Waals surface area contributed by atoms with Gasteiger partial charge in [-0.05, 0) is 26.0 Å². The summed E-state index contributed by atoms with van der Waals surface area (Å²) in [5.74, 6) is 0. The van der Waals surface area contributed by atoms with Crippen LogP contribution in [0.4, 0.5) is 5.69 Å². The smallest absolute Gasteiger partial charge is 0.290 e. The van der Waals surface area contributed by atoms with Gasteiger partial charge in [0.05, 0.1) is 11.4 Å². The van der Waals surface area contributed by atoms with Crippen molar-refractivity contribution in [2.24, 2.45) is 0 Å². The third kappa shape index (κ3) is 1.97. The van der Waals surface area contributed by atoms with Gasteiger partial charge in [0.25, 0.3) is 0 Å². The number of rotatable bonds is 2. The second kappa shape index (κ2) is 4.24. The van der Waals surface area contributed by atoms with Gasteiger partial charge in [-0.25, -0.2) is 9.66 Å². The van der Waals surface area contributed by atoms with Gasteiger partial charge in [0.1, 0.15) is 11.8 Å². The Bertz CT molecular complexity index is 785. The van der Waals surface area contributed by atoms with Gasteiger partial charge in [0.15, 0.2) is 5.52 Å². The predicted molar refractivity (Wildman–Crippen MR) is 73.1 cm³/mol. The van der Waals surface area contributed by atoms with Crippen LogP contribution in [-0.2, 0) is 0 Å². The van der Waals surface area contributed by atoms with E-state index in [1.54, 1.807) is 0 Å². The van der Waals surface area contributed by atoms with Crippen LogP contribution in [0.3, 0.4) is 0 Å². The van der Waals surface area contributed by atoms with Crippen molar-refractivity contribution in [3.63, 3.8) is 0 Å². The maximum absolute atomic E-state index is 12.2. The minimum atomic E-state index is -0.227. The first-order valence-electron chi connectivity index (χ1n) is 5.91. The Morgan fingerprint density at radius 2 is 1.89 bits per heavy atom. The molecule has 0 spiro atoms. The Morgan fingerprint density at radius 3 is 2.63 bits per heavy atom. The fourth-order valence-corrected chi connectivity index (χ4v) is 1.86. The molecular formula is C13H13N5O. The van der Waals surface area contributed by atoms with Crippen molar-refractivity contribution in [3.8, 4) is 0 Å². The van der Waals surface area contributed by atoms with E-state index in [4.69, 9.17) is 0 Å². The highest BCUT2D eigenvalue weighted by atomic mass is 16.1. The van der Waals surface area contributed by atoms with Crippen LogP contribution in [0, 0.1) is 13.8 Å². The van der Waals surface area contributed by atoms with E-state index in [2.05, 4.69) is 20.6 Å². The molecule has 0 amide bonds. The molecule has 0 saturated heterocycles. The van der Waals surface area contributed by atoms with Gasteiger partial charge in [-0.1, -0.05) is 17.7 Å². The van der Waals surface area contributed by atoms with Gasteiger partial charge in [0.2, 0.25) is 0 Å². The molecule has 3 aromatic rings. The number of hydrogen-bond acceptors (Lipinski definition) is 4. The van der Waals surface area contributed by atoms with Gasteiger partial charge in [-0.15, -0.1) is 0 Å². The summed E-state index contributed by atoms with van der Waals surface area (Å²) < 4.78 is 1.33. The molecule has 0 atom stereocenters. The van der Waals surface area contributed by atoms with E-state index in [9.17, 15) is 4.79 Å². The molecule has 2 N–H and O–H groups in total. The number of nitrogens with zero attached hydrogens (tertiary/aromatic N) is 3. The van der Waals surface area contributed by atoms with Crippen LogP contribution < -0.4 is 11.0 Å². The Kier molecular flexibility index (Phi) is 2.56. The third-order valence-corrected chi connectivity index (χ3v) is 2.94. The fourth-order valence-electron chi connectivity index (χ4n) is 1.86. The molecule has 2 heterocycles. The molecule has 0 radical (unpaired) electrons. The number of aromatic nitrogens is 4. The summed E-state index contributed by atoms with van der Waals surface area (Å²) in [6, 6.07) is 7.75. The lowest BCUT2D eigenvalue weighted by atomic mass is 10.2. The zero-order valence-electron chi connectivity index (χ0n) is 10.6.